The number of nitrogens with zero attached hydrogens (tertiary/aromatic N) is 7. The van der Waals surface area contributed by atoms with Crippen LogP contribution in [-0.2, 0) is 19.5 Å². The Balaban J connectivity index is 1.48. The van der Waals surface area contributed by atoms with Crippen molar-refractivity contribution in [3.05, 3.63) is 111 Å². The standard InChI is InChI=1S/C32H32N8O2/c1-4-10-27-33-30-28(31(41)39(19-21(2)3)32(42)40(30)24-11-6-5-7-12-24)38(27)20-22-15-17-23(18-16-22)25-13-8-9-14-26(25)29-34-36-37-35-29/h5-9,11-18,21H,4,10,19-20H2,1-3H3,(H,34,35,36,37). The van der Waals surface area contributed by atoms with Gasteiger partial charge in [-0.25, -0.2) is 14.3 Å². The largest absolute Gasteiger partial charge is 0.337 e. The number of benzene rings is 3. The van der Waals surface area contributed by atoms with Gasteiger partial charge in [-0.15, -0.1) is 10.2 Å². The van der Waals surface area contributed by atoms with E-state index in [-0.39, 0.29) is 17.2 Å². The summed E-state index contributed by atoms with van der Waals surface area (Å²) in [5, 5.41) is 14.5. The second-order valence-electron chi connectivity index (χ2n) is 10.8. The van der Waals surface area contributed by atoms with Crippen LogP contribution in [0.2, 0.25) is 0 Å². The zero-order valence-electron chi connectivity index (χ0n) is 23.9. The minimum atomic E-state index is -0.371. The summed E-state index contributed by atoms with van der Waals surface area (Å²) in [6.45, 7) is 6.86. The van der Waals surface area contributed by atoms with Crippen LogP contribution in [-0.4, -0.2) is 39.3 Å². The Hall–Kier alpha value is -5.12. The highest BCUT2D eigenvalue weighted by Gasteiger charge is 2.23. The zero-order chi connectivity index (χ0) is 29.2. The maximum atomic E-state index is 14.0. The topological polar surface area (TPSA) is 116 Å². The van der Waals surface area contributed by atoms with Crippen molar-refractivity contribution in [3.8, 4) is 28.2 Å². The Morgan fingerprint density at radius 3 is 2.24 bits per heavy atom. The van der Waals surface area contributed by atoms with Gasteiger partial charge in [0.05, 0.1) is 5.69 Å². The van der Waals surface area contributed by atoms with E-state index in [2.05, 4.69) is 51.8 Å². The molecule has 0 spiro atoms. The zero-order valence-corrected chi connectivity index (χ0v) is 23.9. The SMILES string of the molecule is CCCc1nc2c(c(=O)n(CC(C)C)c(=O)n2-c2ccccc2)n1Cc1ccc(-c2ccccc2-c2nn[nH]n2)cc1. The molecule has 0 aliphatic carbocycles. The van der Waals surface area contributed by atoms with Crippen LogP contribution in [0.15, 0.2) is 88.5 Å². The Kier molecular flexibility index (Phi) is 7.35. The molecule has 1 N–H and O–H groups in total. The number of tetrazole rings is 1. The van der Waals surface area contributed by atoms with Crippen LogP contribution >= 0.6 is 0 Å². The molecule has 6 aromatic rings. The first kappa shape index (κ1) is 27.1. The second-order valence-corrected chi connectivity index (χ2v) is 10.8. The molecule has 0 saturated heterocycles. The van der Waals surface area contributed by atoms with Gasteiger partial charge in [-0.05, 0) is 46.4 Å². The first-order valence-corrected chi connectivity index (χ1v) is 14.2. The third kappa shape index (κ3) is 4.96. The van der Waals surface area contributed by atoms with Gasteiger partial charge in [0.15, 0.2) is 11.2 Å². The quantitative estimate of drug-likeness (QED) is 0.270. The lowest BCUT2D eigenvalue weighted by molar-refractivity contribution is 0.489. The fourth-order valence-electron chi connectivity index (χ4n) is 5.38. The molecule has 0 atom stereocenters. The molecular formula is C32H32N8O2. The monoisotopic (exact) mass is 560 g/mol. The lowest BCUT2D eigenvalue weighted by Crippen LogP contribution is -2.41. The normalized spacial score (nSPS) is 11.5. The molecule has 0 aliphatic rings. The molecule has 42 heavy (non-hydrogen) atoms. The molecule has 10 heteroatoms. The highest BCUT2D eigenvalue weighted by molar-refractivity contribution is 5.80. The lowest BCUT2D eigenvalue weighted by Gasteiger charge is -2.14. The van der Waals surface area contributed by atoms with E-state index < -0.39 is 0 Å². The van der Waals surface area contributed by atoms with E-state index in [1.54, 1.807) is 4.57 Å². The second kappa shape index (κ2) is 11.4. The maximum Gasteiger partial charge on any atom is 0.337 e. The number of aromatic amines is 1. The van der Waals surface area contributed by atoms with Crippen LogP contribution in [0.5, 0.6) is 0 Å². The molecule has 3 aromatic carbocycles. The van der Waals surface area contributed by atoms with Gasteiger partial charge in [0.2, 0.25) is 5.82 Å². The van der Waals surface area contributed by atoms with Crippen LogP contribution in [0.4, 0.5) is 0 Å². The van der Waals surface area contributed by atoms with Crippen molar-refractivity contribution < 1.29 is 0 Å². The van der Waals surface area contributed by atoms with Crippen molar-refractivity contribution in [2.45, 2.75) is 46.7 Å². The van der Waals surface area contributed by atoms with Gasteiger partial charge in [0, 0.05) is 25.1 Å². The van der Waals surface area contributed by atoms with E-state index in [1.807, 2.05) is 73.0 Å². The van der Waals surface area contributed by atoms with Crippen molar-refractivity contribution in [3.63, 3.8) is 0 Å². The lowest BCUT2D eigenvalue weighted by atomic mass is 9.98. The van der Waals surface area contributed by atoms with E-state index >= 15 is 0 Å². The summed E-state index contributed by atoms with van der Waals surface area (Å²) in [7, 11) is 0. The summed E-state index contributed by atoms with van der Waals surface area (Å²) in [5.41, 5.74) is 4.74. The first-order valence-electron chi connectivity index (χ1n) is 14.2. The summed E-state index contributed by atoms with van der Waals surface area (Å²) >= 11 is 0. The molecule has 6 rings (SSSR count). The van der Waals surface area contributed by atoms with Gasteiger partial charge < -0.3 is 4.57 Å². The van der Waals surface area contributed by atoms with Crippen LogP contribution < -0.4 is 11.2 Å². The van der Waals surface area contributed by atoms with Crippen molar-refractivity contribution in [1.82, 2.24) is 39.3 Å². The van der Waals surface area contributed by atoms with Crippen LogP contribution in [0.3, 0.4) is 0 Å². The van der Waals surface area contributed by atoms with Gasteiger partial charge in [-0.2, -0.15) is 5.21 Å². The van der Waals surface area contributed by atoms with Crippen LogP contribution in [0.25, 0.3) is 39.4 Å². The molecule has 0 bridgehead atoms. The smallest absolute Gasteiger partial charge is 0.318 e. The highest BCUT2D eigenvalue weighted by Crippen LogP contribution is 2.30. The third-order valence-corrected chi connectivity index (χ3v) is 7.26. The van der Waals surface area contributed by atoms with E-state index in [0.717, 1.165) is 34.5 Å². The fourth-order valence-corrected chi connectivity index (χ4v) is 5.38. The van der Waals surface area contributed by atoms with E-state index in [1.165, 1.54) is 4.57 Å². The van der Waals surface area contributed by atoms with Crippen molar-refractivity contribution in [2.24, 2.45) is 5.92 Å². The number of aromatic nitrogens is 8. The van der Waals surface area contributed by atoms with Crippen LogP contribution in [0, 0.1) is 5.92 Å². The summed E-state index contributed by atoms with van der Waals surface area (Å²) < 4.78 is 4.91. The number of imidazole rings is 1. The molecule has 0 fully saturated rings. The van der Waals surface area contributed by atoms with Gasteiger partial charge in [-0.1, -0.05) is 87.5 Å². The molecule has 3 aromatic heterocycles. The molecule has 212 valence electrons. The Labute approximate surface area is 242 Å². The highest BCUT2D eigenvalue weighted by atomic mass is 16.2. The minimum absolute atomic E-state index is 0.117. The maximum absolute atomic E-state index is 14.0. The van der Waals surface area contributed by atoms with E-state index in [0.29, 0.717) is 42.2 Å². The van der Waals surface area contributed by atoms with E-state index in [4.69, 9.17) is 4.98 Å². The summed E-state index contributed by atoms with van der Waals surface area (Å²) in [4.78, 5) is 32.6. The number of para-hydroxylation sites is 1. The number of nitrogens with one attached hydrogen (secondary N) is 1. The number of hydrogen-bond donors (Lipinski definition) is 1. The van der Waals surface area contributed by atoms with Crippen molar-refractivity contribution in [1.29, 1.82) is 0 Å². The first-order chi connectivity index (χ1) is 20.5. The molecule has 0 amide bonds. The molecule has 0 unspecified atom stereocenters. The summed E-state index contributed by atoms with van der Waals surface area (Å²) in [5.74, 6) is 1.43. The minimum Gasteiger partial charge on any atom is -0.318 e. The predicted molar refractivity (Wildman–Crippen MR) is 163 cm³/mol. The summed E-state index contributed by atoms with van der Waals surface area (Å²) in [6.07, 6.45) is 1.53. The molecule has 0 saturated carbocycles. The number of H-pyrrole nitrogens is 1. The molecule has 0 radical (unpaired) electrons. The number of aryl methyl sites for hydroxylation is 1. The fraction of sp³-hybridized carbons (Fsp3) is 0.250. The van der Waals surface area contributed by atoms with E-state index in [9.17, 15) is 9.59 Å². The molecule has 3 heterocycles. The molecule has 10 nitrogen and oxygen atoms in total. The Morgan fingerprint density at radius 1 is 0.857 bits per heavy atom. The Morgan fingerprint density at radius 2 is 1.57 bits per heavy atom. The summed E-state index contributed by atoms with van der Waals surface area (Å²) in [6, 6.07) is 25.6. The number of fused-ring (bicyclic) bond motifs is 1. The van der Waals surface area contributed by atoms with Gasteiger partial charge >= 0.3 is 5.69 Å². The van der Waals surface area contributed by atoms with Gasteiger partial charge in [0.25, 0.3) is 5.56 Å². The number of rotatable bonds is 9. The predicted octanol–water partition coefficient (Wildman–Crippen LogP) is 4.85. The third-order valence-electron chi connectivity index (χ3n) is 7.26. The average Bonchev–Trinajstić information content (AvgIpc) is 3.66. The Bertz CT molecular complexity index is 1950. The van der Waals surface area contributed by atoms with Gasteiger partial charge in [0.1, 0.15) is 5.82 Å². The molecular weight excluding hydrogens is 528 g/mol. The van der Waals surface area contributed by atoms with Crippen LogP contribution in [0.1, 0.15) is 38.6 Å². The van der Waals surface area contributed by atoms with Gasteiger partial charge in [-0.3, -0.25) is 9.36 Å². The molecule has 0 aliphatic heterocycles. The average molecular weight is 561 g/mol. The number of hydrogen-bond acceptors (Lipinski definition) is 6. The van der Waals surface area contributed by atoms with Crippen molar-refractivity contribution in [2.75, 3.05) is 0 Å². The van der Waals surface area contributed by atoms with Crippen molar-refractivity contribution >= 4 is 11.2 Å².